The molecule has 3 heterocycles. The largest absolute Gasteiger partial charge is 0.480 e. The lowest BCUT2D eigenvalue weighted by atomic mass is 10.0. The van der Waals surface area contributed by atoms with Crippen LogP contribution >= 0.6 is 24.0 Å². The molecule has 0 bridgehead atoms. The van der Waals surface area contributed by atoms with Gasteiger partial charge in [-0.15, -0.1) is 0 Å². The molecule has 2 aliphatic rings. The molecule has 0 saturated carbocycles. The van der Waals surface area contributed by atoms with Gasteiger partial charge in [0.25, 0.3) is 11.5 Å². The Labute approximate surface area is 176 Å². The highest BCUT2D eigenvalue weighted by Crippen LogP contribution is 2.35. The minimum absolute atomic E-state index is 0.00299. The normalized spacial score (nSPS) is 18.4. The van der Waals surface area contributed by atoms with E-state index in [2.05, 4.69) is 0 Å². The molecule has 0 aliphatic carbocycles. The smallest absolute Gasteiger partial charge is 0.323 e. The van der Waals surface area contributed by atoms with E-state index in [9.17, 15) is 19.6 Å². The van der Waals surface area contributed by atoms with E-state index in [-0.39, 0.29) is 14.8 Å². The first kappa shape index (κ1) is 21.0. The van der Waals surface area contributed by atoms with Gasteiger partial charge in [0.2, 0.25) is 0 Å². The van der Waals surface area contributed by atoms with Gasteiger partial charge < -0.3 is 14.7 Å². The topological polar surface area (TPSA) is 116 Å². The third-order valence-electron chi connectivity index (χ3n) is 4.72. The van der Waals surface area contributed by atoms with Gasteiger partial charge in [-0.05, 0) is 18.6 Å². The standard InChI is InChI=1S/C18H18N4O5S2/c1-10-11(7-13-17(26)22(9-14(23)24)18(28)29-13)15(21-3-5-27-6-4-21)20(2)16(25)12(10)8-19/h7H,3-6,9H2,1-2H3,(H,23,24)/b13-7-. The van der Waals surface area contributed by atoms with Gasteiger partial charge in [0.1, 0.15) is 28.3 Å². The number of carboxylic acids is 1. The van der Waals surface area contributed by atoms with Gasteiger partial charge in [-0.3, -0.25) is 23.9 Å². The van der Waals surface area contributed by atoms with Gasteiger partial charge in [0.05, 0.1) is 18.1 Å². The summed E-state index contributed by atoms with van der Waals surface area (Å²) in [6.07, 6.45) is 1.58. The van der Waals surface area contributed by atoms with Crippen molar-refractivity contribution in [3.63, 3.8) is 0 Å². The number of ether oxygens (including phenoxy) is 1. The molecule has 1 N–H and O–H groups in total. The highest BCUT2D eigenvalue weighted by Gasteiger charge is 2.34. The Morgan fingerprint density at radius 1 is 1.38 bits per heavy atom. The number of carbonyl (C=O) groups is 2. The SMILES string of the molecule is Cc1c(/C=C2\SC(=S)N(CC(=O)O)C2=O)c(N2CCOCC2)n(C)c(=O)c1C#N. The number of aromatic nitrogens is 1. The number of carbonyl (C=O) groups excluding carboxylic acids is 1. The third kappa shape index (κ3) is 3.91. The molecule has 1 amide bonds. The van der Waals surface area contributed by atoms with Crippen LogP contribution in [-0.4, -0.2) is 63.6 Å². The predicted molar refractivity (Wildman–Crippen MR) is 112 cm³/mol. The molecule has 11 heteroatoms. The first-order valence-electron chi connectivity index (χ1n) is 8.69. The van der Waals surface area contributed by atoms with E-state index >= 15 is 0 Å². The number of rotatable bonds is 4. The lowest BCUT2D eigenvalue weighted by molar-refractivity contribution is -0.140. The van der Waals surface area contributed by atoms with E-state index in [1.54, 1.807) is 20.0 Å². The molecule has 3 rings (SSSR count). The monoisotopic (exact) mass is 434 g/mol. The van der Waals surface area contributed by atoms with Gasteiger partial charge in [-0.1, -0.05) is 24.0 Å². The molecule has 1 aromatic rings. The summed E-state index contributed by atoms with van der Waals surface area (Å²) in [5.41, 5.74) is 0.598. The molecule has 2 aliphatic heterocycles. The summed E-state index contributed by atoms with van der Waals surface area (Å²) in [4.78, 5) is 39.6. The molecule has 9 nitrogen and oxygen atoms in total. The van der Waals surface area contributed by atoms with E-state index in [0.717, 1.165) is 16.7 Å². The number of thiocarbonyl (C=S) groups is 1. The van der Waals surface area contributed by atoms with Gasteiger partial charge in [-0.2, -0.15) is 5.26 Å². The van der Waals surface area contributed by atoms with Crippen molar-refractivity contribution in [3.8, 4) is 6.07 Å². The average molecular weight is 434 g/mol. The summed E-state index contributed by atoms with van der Waals surface area (Å²) in [5.74, 6) is -1.10. The van der Waals surface area contributed by atoms with Gasteiger partial charge >= 0.3 is 5.97 Å². The number of anilines is 1. The molecular formula is C18H18N4O5S2. The maximum absolute atomic E-state index is 12.7. The maximum Gasteiger partial charge on any atom is 0.323 e. The van der Waals surface area contributed by atoms with E-state index < -0.39 is 24.0 Å². The van der Waals surface area contributed by atoms with Gasteiger partial charge in [0, 0.05) is 25.7 Å². The van der Waals surface area contributed by atoms with Crippen LogP contribution in [0.3, 0.4) is 0 Å². The van der Waals surface area contributed by atoms with Crippen LogP contribution in [-0.2, 0) is 21.4 Å². The van der Waals surface area contributed by atoms with Crippen molar-refractivity contribution in [2.45, 2.75) is 6.92 Å². The van der Waals surface area contributed by atoms with Crippen LogP contribution in [0.1, 0.15) is 16.7 Å². The second kappa shape index (κ2) is 8.36. The fraction of sp³-hybridized carbons (Fsp3) is 0.389. The highest BCUT2D eigenvalue weighted by molar-refractivity contribution is 8.26. The van der Waals surface area contributed by atoms with Crippen molar-refractivity contribution < 1.29 is 19.4 Å². The molecule has 29 heavy (non-hydrogen) atoms. The Morgan fingerprint density at radius 2 is 2.03 bits per heavy atom. The Morgan fingerprint density at radius 3 is 2.62 bits per heavy atom. The van der Waals surface area contributed by atoms with Crippen LogP contribution in [0, 0.1) is 18.3 Å². The second-order valence-electron chi connectivity index (χ2n) is 6.47. The molecular weight excluding hydrogens is 416 g/mol. The van der Waals surface area contributed by atoms with Crippen LogP contribution < -0.4 is 10.5 Å². The van der Waals surface area contributed by atoms with E-state index in [1.807, 2.05) is 11.0 Å². The number of amides is 1. The van der Waals surface area contributed by atoms with Crippen LogP contribution in [0.5, 0.6) is 0 Å². The molecule has 2 fully saturated rings. The lowest BCUT2D eigenvalue weighted by Gasteiger charge is -2.32. The summed E-state index contributed by atoms with van der Waals surface area (Å²) in [6, 6.07) is 1.94. The molecule has 0 radical (unpaired) electrons. The van der Waals surface area contributed by atoms with Crippen molar-refractivity contribution in [1.29, 1.82) is 5.26 Å². The quantitative estimate of drug-likeness (QED) is 0.540. The number of hydrogen-bond acceptors (Lipinski definition) is 8. The van der Waals surface area contributed by atoms with Crippen molar-refractivity contribution in [3.05, 3.63) is 31.9 Å². The minimum Gasteiger partial charge on any atom is -0.480 e. The predicted octanol–water partition coefficient (Wildman–Crippen LogP) is 0.688. The summed E-state index contributed by atoms with van der Waals surface area (Å²) in [7, 11) is 1.58. The molecule has 152 valence electrons. The molecule has 0 spiro atoms. The van der Waals surface area contributed by atoms with Crippen molar-refractivity contribution in [2.75, 3.05) is 37.7 Å². The summed E-state index contributed by atoms with van der Waals surface area (Å²) in [5, 5.41) is 18.5. The molecule has 0 unspecified atom stereocenters. The molecule has 1 aromatic heterocycles. The minimum atomic E-state index is -1.17. The fourth-order valence-electron chi connectivity index (χ4n) is 3.27. The van der Waals surface area contributed by atoms with E-state index in [1.165, 1.54) is 4.57 Å². The molecule has 2 saturated heterocycles. The van der Waals surface area contributed by atoms with Gasteiger partial charge in [-0.25, -0.2) is 0 Å². The number of nitrogens with zero attached hydrogens (tertiary/aromatic N) is 4. The van der Waals surface area contributed by atoms with Gasteiger partial charge in [0.15, 0.2) is 0 Å². The zero-order valence-electron chi connectivity index (χ0n) is 15.8. The lowest BCUT2D eigenvalue weighted by Crippen LogP contribution is -2.40. The molecule has 0 atom stereocenters. The summed E-state index contributed by atoms with van der Waals surface area (Å²) in [6.45, 7) is 3.24. The third-order valence-corrected chi connectivity index (χ3v) is 6.10. The zero-order valence-corrected chi connectivity index (χ0v) is 17.4. The second-order valence-corrected chi connectivity index (χ2v) is 8.15. The van der Waals surface area contributed by atoms with Crippen molar-refractivity contribution in [2.24, 2.45) is 7.05 Å². The van der Waals surface area contributed by atoms with Crippen molar-refractivity contribution >= 4 is 52.1 Å². The van der Waals surface area contributed by atoms with Crippen LogP contribution in [0.4, 0.5) is 5.82 Å². The van der Waals surface area contributed by atoms with E-state index in [0.29, 0.717) is 43.2 Å². The number of pyridine rings is 1. The Balaban J connectivity index is 2.17. The summed E-state index contributed by atoms with van der Waals surface area (Å²) >= 11 is 6.14. The zero-order chi connectivity index (χ0) is 21.3. The number of aliphatic carboxylic acids is 1. The Bertz CT molecular complexity index is 1030. The fourth-order valence-corrected chi connectivity index (χ4v) is 4.51. The highest BCUT2D eigenvalue weighted by atomic mass is 32.2. The number of carboxylic acid groups (broad SMARTS) is 1. The number of morpholine rings is 1. The Hall–Kier alpha value is -2.68. The number of hydrogen-bond donors (Lipinski definition) is 1. The Kier molecular flexibility index (Phi) is 6.07. The molecule has 0 aromatic carbocycles. The van der Waals surface area contributed by atoms with Crippen LogP contribution in [0.25, 0.3) is 6.08 Å². The summed E-state index contributed by atoms with van der Waals surface area (Å²) < 4.78 is 6.94. The van der Waals surface area contributed by atoms with Crippen molar-refractivity contribution in [1.82, 2.24) is 9.47 Å². The first-order chi connectivity index (χ1) is 13.8. The van der Waals surface area contributed by atoms with Crippen LogP contribution in [0.2, 0.25) is 0 Å². The van der Waals surface area contributed by atoms with E-state index in [4.69, 9.17) is 22.1 Å². The number of nitriles is 1. The first-order valence-corrected chi connectivity index (χ1v) is 9.92. The maximum atomic E-state index is 12.7. The van der Waals surface area contributed by atoms with Crippen LogP contribution in [0.15, 0.2) is 9.70 Å². The average Bonchev–Trinajstić information content (AvgIpc) is 2.94. The number of thioether (sulfide) groups is 1.